The zero-order chi connectivity index (χ0) is 18.0. The third-order valence-corrected chi connectivity index (χ3v) is 5.41. The van der Waals surface area contributed by atoms with Gasteiger partial charge in [-0.2, -0.15) is 0 Å². The number of urea groups is 1. The molecule has 0 atom stereocenters. The van der Waals surface area contributed by atoms with Crippen molar-refractivity contribution in [3.8, 4) is 0 Å². The molecule has 0 radical (unpaired) electrons. The maximum Gasteiger partial charge on any atom is 0.324 e. The van der Waals surface area contributed by atoms with Gasteiger partial charge in [-0.1, -0.05) is 24.3 Å². The SMILES string of the molecule is CC(C)(C)N1CCC(c2ccc(CN3CCC(=O)NC3=O)cc2)CC1. The Morgan fingerprint density at radius 3 is 2.24 bits per heavy atom. The molecule has 2 saturated heterocycles. The van der Waals surface area contributed by atoms with E-state index < -0.39 is 0 Å². The lowest BCUT2D eigenvalue weighted by molar-refractivity contribution is -0.121. The number of imide groups is 1. The predicted octanol–water partition coefficient (Wildman–Crippen LogP) is 3.11. The summed E-state index contributed by atoms with van der Waals surface area (Å²) in [4.78, 5) is 27.3. The molecule has 2 fully saturated rings. The van der Waals surface area contributed by atoms with Gasteiger partial charge in [0, 0.05) is 25.0 Å². The standard InChI is InChI=1S/C20H29N3O2/c1-20(2,3)23-12-8-17(9-13-23)16-6-4-15(5-7-16)14-22-11-10-18(24)21-19(22)25/h4-7,17H,8-14H2,1-3H3,(H,21,24,25). The summed E-state index contributed by atoms with van der Waals surface area (Å²) in [6.45, 7) is 10.2. The molecule has 0 saturated carbocycles. The number of hydrogen-bond acceptors (Lipinski definition) is 3. The minimum Gasteiger partial charge on any atom is -0.320 e. The second-order valence-corrected chi connectivity index (χ2v) is 8.20. The smallest absolute Gasteiger partial charge is 0.320 e. The van der Waals surface area contributed by atoms with Crippen LogP contribution in [-0.4, -0.2) is 46.9 Å². The van der Waals surface area contributed by atoms with Crippen molar-refractivity contribution in [1.82, 2.24) is 15.1 Å². The number of nitrogens with one attached hydrogen (secondary N) is 1. The number of likely N-dealkylation sites (tertiary alicyclic amines) is 1. The van der Waals surface area contributed by atoms with Gasteiger partial charge in [0.2, 0.25) is 5.91 Å². The molecule has 136 valence electrons. The zero-order valence-electron chi connectivity index (χ0n) is 15.5. The molecule has 2 aliphatic rings. The molecule has 5 heteroatoms. The Kier molecular flexibility index (Phi) is 5.13. The fraction of sp³-hybridized carbons (Fsp3) is 0.600. The summed E-state index contributed by atoms with van der Waals surface area (Å²) in [5.41, 5.74) is 2.77. The summed E-state index contributed by atoms with van der Waals surface area (Å²) in [6, 6.07) is 8.37. The van der Waals surface area contributed by atoms with Crippen molar-refractivity contribution >= 4 is 11.9 Å². The molecule has 3 amide bonds. The van der Waals surface area contributed by atoms with Crippen molar-refractivity contribution in [3.63, 3.8) is 0 Å². The fourth-order valence-electron chi connectivity index (χ4n) is 3.75. The first kappa shape index (κ1) is 17.9. The normalized spacial score (nSPS) is 20.7. The van der Waals surface area contributed by atoms with E-state index in [1.165, 1.54) is 18.4 Å². The van der Waals surface area contributed by atoms with Crippen LogP contribution in [0.3, 0.4) is 0 Å². The maximum atomic E-state index is 11.8. The van der Waals surface area contributed by atoms with Crippen LogP contribution in [0.25, 0.3) is 0 Å². The van der Waals surface area contributed by atoms with Crippen LogP contribution in [0.1, 0.15) is 57.1 Å². The van der Waals surface area contributed by atoms with E-state index in [4.69, 9.17) is 0 Å². The number of piperidine rings is 1. The first-order valence-electron chi connectivity index (χ1n) is 9.25. The molecule has 0 spiro atoms. The molecule has 5 nitrogen and oxygen atoms in total. The lowest BCUT2D eigenvalue weighted by Gasteiger charge is -2.41. The number of benzene rings is 1. The maximum absolute atomic E-state index is 11.8. The largest absolute Gasteiger partial charge is 0.324 e. The molecule has 0 bridgehead atoms. The third-order valence-electron chi connectivity index (χ3n) is 5.41. The monoisotopic (exact) mass is 343 g/mol. The molecule has 3 rings (SSSR count). The Morgan fingerprint density at radius 2 is 1.68 bits per heavy atom. The minimum atomic E-state index is -0.283. The Bertz CT molecular complexity index is 625. The zero-order valence-corrected chi connectivity index (χ0v) is 15.5. The van der Waals surface area contributed by atoms with E-state index in [1.54, 1.807) is 4.90 Å². The van der Waals surface area contributed by atoms with Crippen molar-refractivity contribution in [3.05, 3.63) is 35.4 Å². The van der Waals surface area contributed by atoms with Crippen LogP contribution in [0.2, 0.25) is 0 Å². The predicted molar refractivity (Wildman–Crippen MR) is 98.3 cm³/mol. The van der Waals surface area contributed by atoms with Gasteiger partial charge in [-0.3, -0.25) is 15.0 Å². The van der Waals surface area contributed by atoms with Crippen LogP contribution in [0.4, 0.5) is 4.79 Å². The first-order valence-corrected chi connectivity index (χ1v) is 9.25. The van der Waals surface area contributed by atoms with Crippen molar-refractivity contribution in [1.29, 1.82) is 0 Å². The van der Waals surface area contributed by atoms with E-state index in [1.807, 2.05) is 0 Å². The number of carbonyl (C=O) groups is 2. The fourth-order valence-corrected chi connectivity index (χ4v) is 3.75. The molecule has 0 aromatic heterocycles. The van der Waals surface area contributed by atoms with Crippen LogP contribution in [-0.2, 0) is 11.3 Å². The van der Waals surface area contributed by atoms with Crippen molar-refractivity contribution in [2.24, 2.45) is 0 Å². The second kappa shape index (κ2) is 7.16. The molecule has 25 heavy (non-hydrogen) atoms. The van der Waals surface area contributed by atoms with Crippen LogP contribution in [0.15, 0.2) is 24.3 Å². The summed E-state index contributed by atoms with van der Waals surface area (Å²) in [5, 5.41) is 2.37. The summed E-state index contributed by atoms with van der Waals surface area (Å²) in [6.07, 6.45) is 2.79. The quantitative estimate of drug-likeness (QED) is 0.917. The molecule has 0 unspecified atom stereocenters. The van der Waals surface area contributed by atoms with Gasteiger partial charge in [-0.15, -0.1) is 0 Å². The number of carbonyl (C=O) groups excluding carboxylic acids is 2. The lowest BCUT2D eigenvalue weighted by atomic mass is 9.87. The Hall–Kier alpha value is -1.88. The van der Waals surface area contributed by atoms with Gasteiger partial charge in [0.15, 0.2) is 0 Å². The van der Waals surface area contributed by atoms with Gasteiger partial charge in [-0.05, 0) is 63.7 Å². The van der Waals surface area contributed by atoms with Crippen LogP contribution in [0, 0.1) is 0 Å². The molecular weight excluding hydrogens is 314 g/mol. The van der Waals surface area contributed by atoms with E-state index in [0.717, 1.165) is 18.7 Å². The minimum absolute atomic E-state index is 0.182. The highest BCUT2D eigenvalue weighted by Crippen LogP contribution is 2.31. The Balaban J connectivity index is 1.56. The molecule has 0 aliphatic carbocycles. The van der Waals surface area contributed by atoms with Crippen molar-refractivity contribution in [2.45, 2.75) is 58.0 Å². The van der Waals surface area contributed by atoms with Crippen LogP contribution >= 0.6 is 0 Å². The summed E-state index contributed by atoms with van der Waals surface area (Å²) in [7, 11) is 0. The Morgan fingerprint density at radius 1 is 1.04 bits per heavy atom. The molecule has 1 aromatic rings. The van der Waals surface area contributed by atoms with Gasteiger partial charge >= 0.3 is 6.03 Å². The van der Waals surface area contributed by atoms with Gasteiger partial charge in [0.25, 0.3) is 0 Å². The van der Waals surface area contributed by atoms with E-state index in [-0.39, 0.29) is 17.5 Å². The third kappa shape index (κ3) is 4.40. The Labute approximate surface area is 150 Å². The highest BCUT2D eigenvalue weighted by molar-refractivity contribution is 5.96. The first-order chi connectivity index (χ1) is 11.8. The summed E-state index contributed by atoms with van der Waals surface area (Å²) in [5.74, 6) is 0.446. The number of nitrogens with zero attached hydrogens (tertiary/aromatic N) is 2. The second-order valence-electron chi connectivity index (χ2n) is 8.20. The van der Waals surface area contributed by atoms with Crippen molar-refractivity contribution < 1.29 is 9.59 Å². The average molecular weight is 343 g/mol. The van der Waals surface area contributed by atoms with Gasteiger partial charge in [0.1, 0.15) is 0 Å². The average Bonchev–Trinajstić information content (AvgIpc) is 2.57. The van der Waals surface area contributed by atoms with E-state index in [2.05, 4.69) is 55.3 Å². The summed E-state index contributed by atoms with van der Waals surface area (Å²) >= 11 is 0. The molecular formula is C20H29N3O2. The topological polar surface area (TPSA) is 52.6 Å². The molecule has 2 aliphatic heterocycles. The van der Waals surface area contributed by atoms with Gasteiger partial charge < -0.3 is 4.90 Å². The molecule has 1 aromatic carbocycles. The summed E-state index contributed by atoms with van der Waals surface area (Å²) < 4.78 is 0. The van der Waals surface area contributed by atoms with Gasteiger partial charge in [-0.25, -0.2) is 4.79 Å². The van der Waals surface area contributed by atoms with E-state index in [0.29, 0.717) is 25.4 Å². The van der Waals surface area contributed by atoms with Crippen LogP contribution < -0.4 is 5.32 Å². The van der Waals surface area contributed by atoms with Crippen molar-refractivity contribution in [2.75, 3.05) is 19.6 Å². The van der Waals surface area contributed by atoms with Gasteiger partial charge in [0.05, 0.1) is 0 Å². The number of hydrogen-bond donors (Lipinski definition) is 1. The molecule has 1 N–H and O–H groups in total. The van der Waals surface area contributed by atoms with E-state index in [9.17, 15) is 9.59 Å². The highest BCUT2D eigenvalue weighted by atomic mass is 16.2. The highest BCUT2D eigenvalue weighted by Gasteiger charge is 2.27. The number of amides is 3. The number of rotatable bonds is 3. The molecule has 2 heterocycles. The van der Waals surface area contributed by atoms with E-state index >= 15 is 0 Å². The lowest BCUT2D eigenvalue weighted by Crippen LogP contribution is -2.48. The van der Waals surface area contributed by atoms with Crippen LogP contribution in [0.5, 0.6) is 0 Å².